The fraction of sp³-hybridized carbons (Fsp3) is 0.259. The van der Waals surface area contributed by atoms with Crippen molar-refractivity contribution in [2.45, 2.75) is 25.0 Å². The van der Waals surface area contributed by atoms with Gasteiger partial charge in [0.1, 0.15) is 11.8 Å². The van der Waals surface area contributed by atoms with Gasteiger partial charge in [0.2, 0.25) is 0 Å². The summed E-state index contributed by atoms with van der Waals surface area (Å²) >= 11 is 0. The predicted octanol–water partition coefficient (Wildman–Crippen LogP) is 3.91. The molecule has 0 aromatic heterocycles. The van der Waals surface area contributed by atoms with Crippen molar-refractivity contribution in [2.24, 2.45) is 0 Å². The van der Waals surface area contributed by atoms with Crippen LogP contribution < -0.4 is 10.1 Å². The van der Waals surface area contributed by atoms with Gasteiger partial charge in [0.25, 0.3) is 5.91 Å². The summed E-state index contributed by atoms with van der Waals surface area (Å²) in [6.07, 6.45) is 0.511. The first-order valence-corrected chi connectivity index (χ1v) is 11.0. The molecule has 3 aromatic carbocycles. The van der Waals surface area contributed by atoms with Crippen molar-refractivity contribution in [3.8, 4) is 16.9 Å². The van der Waals surface area contributed by atoms with Crippen LogP contribution in [-0.4, -0.2) is 49.6 Å². The number of esters is 1. The molecule has 3 aromatic rings. The van der Waals surface area contributed by atoms with Gasteiger partial charge in [0.15, 0.2) is 0 Å². The highest BCUT2D eigenvalue weighted by atomic mass is 16.5. The van der Waals surface area contributed by atoms with E-state index in [1.54, 1.807) is 7.11 Å². The molecule has 2 atom stereocenters. The third-order valence-electron chi connectivity index (χ3n) is 6.01. The smallest absolute Gasteiger partial charge is 0.323 e. The van der Waals surface area contributed by atoms with Gasteiger partial charge in [-0.2, -0.15) is 0 Å². The Morgan fingerprint density at radius 1 is 0.909 bits per heavy atom. The van der Waals surface area contributed by atoms with Crippen LogP contribution in [0, 0.1) is 0 Å². The van der Waals surface area contributed by atoms with Crippen LogP contribution in [0.3, 0.4) is 0 Å². The molecule has 170 valence electrons. The number of carbonyl (C=O) groups is 2. The van der Waals surface area contributed by atoms with Crippen molar-refractivity contribution in [2.75, 3.05) is 20.8 Å². The van der Waals surface area contributed by atoms with E-state index in [9.17, 15) is 9.59 Å². The molecule has 1 N–H and O–H groups in total. The lowest BCUT2D eigenvalue weighted by Gasteiger charge is -2.22. The molecule has 4 rings (SSSR count). The highest BCUT2D eigenvalue weighted by Gasteiger charge is 2.38. The predicted molar refractivity (Wildman–Crippen MR) is 127 cm³/mol. The molecule has 0 saturated carbocycles. The van der Waals surface area contributed by atoms with Crippen LogP contribution in [0.5, 0.6) is 5.75 Å². The molecule has 1 aliphatic rings. The van der Waals surface area contributed by atoms with Crippen LogP contribution in [0.1, 0.15) is 22.3 Å². The van der Waals surface area contributed by atoms with Crippen molar-refractivity contribution in [3.05, 3.63) is 90.0 Å². The number of ether oxygens (including phenoxy) is 2. The molecule has 0 aliphatic carbocycles. The Bertz CT molecular complexity index is 1080. The number of hydrogen-bond acceptors (Lipinski definition) is 5. The number of amides is 1. The highest BCUT2D eigenvalue weighted by Crippen LogP contribution is 2.24. The van der Waals surface area contributed by atoms with E-state index in [2.05, 4.69) is 10.2 Å². The largest absolute Gasteiger partial charge is 0.497 e. The topological polar surface area (TPSA) is 67.9 Å². The van der Waals surface area contributed by atoms with E-state index >= 15 is 0 Å². The summed E-state index contributed by atoms with van der Waals surface area (Å²) in [5.41, 5.74) is 3.82. The average molecular weight is 445 g/mol. The first-order valence-electron chi connectivity index (χ1n) is 11.0. The zero-order valence-corrected chi connectivity index (χ0v) is 18.9. The van der Waals surface area contributed by atoms with Crippen LogP contribution in [-0.2, 0) is 16.1 Å². The zero-order valence-electron chi connectivity index (χ0n) is 18.9. The number of rotatable bonds is 7. The van der Waals surface area contributed by atoms with Gasteiger partial charge in [-0.05, 0) is 47.4 Å². The molecule has 33 heavy (non-hydrogen) atoms. The van der Waals surface area contributed by atoms with E-state index in [0.29, 0.717) is 25.1 Å². The summed E-state index contributed by atoms with van der Waals surface area (Å²) < 4.78 is 10.2. The number of methoxy groups -OCH3 is 2. The second-order valence-electron chi connectivity index (χ2n) is 8.17. The molecule has 1 amide bonds. The van der Waals surface area contributed by atoms with E-state index < -0.39 is 6.04 Å². The summed E-state index contributed by atoms with van der Waals surface area (Å²) in [7, 11) is 3.03. The molecule has 0 spiro atoms. The van der Waals surface area contributed by atoms with Gasteiger partial charge >= 0.3 is 5.97 Å². The van der Waals surface area contributed by atoms with Gasteiger partial charge in [-0.15, -0.1) is 0 Å². The Morgan fingerprint density at radius 3 is 2.21 bits per heavy atom. The lowest BCUT2D eigenvalue weighted by atomic mass is 10.0. The highest BCUT2D eigenvalue weighted by molar-refractivity contribution is 5.95. The SMILES string of the molecule is COC(=O)[C@@H]1C[C@@H](NC(=O)c2ccc(-c3ccccc3)cc2)CN1Cc1ccc(OC)cc1. The summed E-state index contributed by atoms with van der Waals surface area (Å²) in [6.45, 7) is 1.15. The fourth-order valence-corrected chi connectivity index (χ4v) is 4.24. The number of nitrogens with one attached hydrogen (secondary N) is 1. The normalized spacial score (nSPS) is 18.0. The molecule has 1 fully saturated rings. The maximum absolute atomic E-state index is 12.9. The van der Waals surface area contributed by atoms with E-state index in [-0.39, 0.29) is 17.9 Å². The third-order valence-corrected chi connectivity index (χ3v) is 6.01. The van der Waals surface area contributed by atoms with Gasteiger partial charge < -0.3 is 14.8 Å². The third kappa shape index (κ3) is 5.41. The Hall–Kier alpha value is -3.64. The van der Waals surface area contributed by atoms with E-state index in [1.165, 1.54) is 7.11 Å². The summed E-state index contributed by atoms with van der Waals surface area (Å²) in [5.74, 6) is 0.357. The summed E-state index contributed by atoms with van der Waals surface area (Å²) in [6, 6.07) is 24.8. The van der Waals surface area contributed by atoms with Crippen molar-refractivity contribution < 1.29 is 19.1 Å². The Kier molecular flexibility index (Phi) is 7.05. The lowest BCUT2D eigenvalue weighted by Crippen LogP contribution is -2.37. The van der Waals surface area contributed by atoms with Crippen LogP contribution in [0.15, 0.2) is 78.9 Å². The molecule has 6 nitrogen and oxygen atoms in total. The number of benzene rings is 3. The van der Waals surface area contributed by atoms with Crippen LogP contribution in [0.2, 0.25) is 0 Å². The first-order chi connectivity index (χ1) is 16.1. The molecule has 0 unspecified atom stereocenters. The van der Waals surface area contributed by atoms with Gasteiger partial charge in [-0.3, -0.25) is 14.5 Å². The van der Waals surface area contributed by atoms with Crippen molar-refractivity contribution in [3.63, 3.8) is 0 Å². The quantitative estimate of drug-likeness (QED) is 0.560. The molecule has 1 aliphatic heterocycles. The number of carbonyl (C=O) groups excluding carboxylic acids is 2. The number of likely N-dealkylation sites (tertiary alicyclic amines) is 1. The Balaban J connectivity index is 1.41. The van der Waals surface area contributed by atoms with Crippen molar-refractivity contribution >= 4 is 11.9 Å². The summed E-state index contributed by atoms with van der Waals surface area (Å²) in [5, 5.41) is 3.09. The van der Waals surface area contributed by atoms with E-state index in [1.807, 2.05) is 78.9 Å². The monoisotopic (exact) mass is 444 g/mol. The van der Waals surface area contributed by atoms with Crippen LogP contribution in [0.4, 0.5) is 0 Å². The van der Waals surface area contributed by atoms with Gasteiger partial charge in [0.05, 0.1) is 14.2 Å². The van der Waals surface area contributed by atoms with Crippen molar-refractivity contribution in [1.82, 2.24) is 10.2 Å². The second-order valence-corrected chi connectivity index (χ2v) is 8.17. The number of hydrogen-bond donors (Lipinski definition) is 1. The fourth-order valence-electron chi connectivity index (χ4n) is 4.24. The minimum Gasteiger partial charge on any atom is -0.497 e. The molecule has 6 heteroatoms. The molecular weight excluding hydrogens is 416 g/mol. The van der Waals surface area contributed by atoms with Crippen LogP contribution in [0.25, 0.3) is 11.1 Å². The number of nitrogens with zero attached hydrogens (tertiary/aromatic N) is 1. The molecular formula is C27H28N2O4. The van der Waals surface area contributed by atoms with Gasteiger partial charge in [0, 0.05) is 24.7 Å². The maximum atomic E-state index is 12.9. The molecule has 0 radical (unpaired) electrons. The molecule has 0 bridgehead atoms. The van der Waals surface area contributed by atoms with Gasteiger partial charge in [-0.25, -0.2) is 0 Å². The first kappa shape index (κ1) is 22.6. The Morgan fingerprint density at radius 2 is 1.58 bits per heavy atom. The zero-order chi connectivity index (χ0) is 23.2. The standard InChI is InChI=1S/C27H28N2O4/c1-32-24-14-8-19(9-15-24)17-29-18-23(16-25(29)27(31)33-2)28-26(30)22-12-10-21(11-13-22)20-6-4-3-5-7-20/h3-15,23,25H,16-18H2,1-2H3,(H,28,30)/t23-,25+/m1/s1. The van der Waals surface area contributed by atoms with E-state index in [0.717, 1.165) is 22.4 Å². The maximum Gasteiger partial charge on any atom is 0.323 e. The minimum absolute atomic E-state index is 0.144. The van der Waals surface area contributed by atoms with Gasteiger partial charge in [-0.1, -0.05) is 54.6 Å². The average Bonchev–Trinajstić information content (AvgIpc) is 3.26. The lowest BCUT2D eigenvalue weighted by molar-refractivity contribution is -0.146. The molecule has 1 saturated heterocycles. The summed E-state index contributed by atoms with van der Waals surface area (Å²) in [4.78, 5) is 27.3. The minimum atomic E-state index is -0.400. The second kappa shape index (κ2) is 10.3. The van der Waals surface area contributed by atoms with Crippen molar-refractivity contribution in [1.29, 1.82) is 0 Å². The van der Waals surface area contributed by atoms with Crippen LogP contribution >= 0.6 is 0 Å². The Labute approximate surface area is 194 Å². The van der Waals surface area contributed by atoms with E-state index in [4.69, 9.17) is 9.47 Å². The molecule has 1 heterocycles.